The Labute approximate surface area is 135 Å². The van der Waals surface area contributed by atoms with Crippen LogP contribution in [-0.2, 0) is 14.9 Å². The van der Waals surface area contributed by atoms with Gasteiger partial charge in [0, 0.05) is 29.0 Å². The van der Waals surface area contributed by atoms with Crippen LogP contribution in [0.1, 0.15) is 40.3 Å². The van der Waals surface area contributed by atoms with Crippen molar-refractivity contribution in [2.45, 2.75) is 44.8 Å². The minimum atomic E-state index is -0.690. The molecule has 1 saturated heterocycles. The number of thioether (sulfide) groups is 1. The summed E-state index contributed by atoms with van der Waals surface area (Å²) in [6.45, 7) is 12.5. The number of ether oxygens (including phenoxy) is 1. The van der Waals surface area contributed by atoms with Crippen LogP contribution in [0.2, 0.25) is 0 Å². The van der Waals surface area contributed by atoms with Crippen molar-refractivity contribution in [2.75, 3.05) is 30.3 Å². The Kier molecular flexibility index (Phi) is 4.88. The lowest BCUT2D eigenvalue weighted by Crippen LogP contribution is -2.43. The maximum absolute atomic E-state index is 12.1. The van der Waals surface area contributed by atoms with Crippen LogP contribution in [0.3, 0.4) is 0 Å². The Morgan fingerprint density at radius 3 is 2.86 bits per heavy atom. The largest absolute Gasteiger partial charge is 0.465 e. The third kappa shape index (κ3) is 3.72. The summed E-state index contributed by atoms with van der Waals surface area (Å²) in [6, 6.07) is 0. The SMILES string of the molecule is CCOC(=O)C(C)(C)c1csc(N2CCSC(C)(C)C2)n1. The van der Waals surface area contributed by atoms with Crippen molar-refractivity contribution < 1.29 is 9.53 Å². The monoisotopic (exact) mass is 328 g/mol. The Morgan fingerprint density at radius 1 is 1.52 bits per heavy atom. The molecule has 4 nitrogen and oxygen atoms in total. The van der Waals surface area contributed by atoms with Crippen molar-refractivity contribution in [3.8, 4) is 0 Å². The van der Waals surface area contributed by atoms with E-state index in [9.17, 15) is 4.79 Å². The van der Waals surface area contributed by atoms with Gasteiger partial charge < -0.3 is 9.64 Å². The number of hydrogen-bond acceptors (Lipinski definition) is 6. The zero-order valence-corrected chi connectivity index (χ0v) is 15.1. The van der Waals surface area contributed by atoms with Crippen molar-refractivity contribution in [1.82, 2.24) is 4.98 Å². The molecule has 21 heavy (non-hydrogen) atoms. The number of esters is 1. The maximum Gasteiger partial charge on any atom is 0.317 e. The number of carbonyl (C=O) groups excluding carboxylic acids is 1. The molecule has 6 heteroatoms. The molecule has 2 heterocycles. The van der Waals surface area contributed by atoms with E-state index < -0.39 is 5.41 Å². The summed E-state index contributed by atoms with van der Waals surface area (Å²) >= 11 is 3.62. The van der Waals surface area contributed by atoms with Gasteiger partial charge >= 0.3 is 5.97 Å². The Hall–Kier alpha value is -0.750. The first kappa shape index (κ1) is 16.6. The molecule has 1 aliphatic heterocycles. The van der Waals surface area contributed by atoms with Crippen molar-refractivity contribution in [2.24, 2.45) is 0 Å². The molecular weight excluding hydrogens is 304 g/mol. The lowest BCUT2D eigenvalue weighted by molar-refractivity contribution is -0.148. The first-order valence-corrected chi connectivity index (χ1v) is 9.15. The molecule has 118 valence electrons. The Bertz CT molecular complexity index is 512. The van der Waals surface area contributed by atoms with Crippen LogP contribution in [0.5, 0.6) is 0 Å². The van der Waals surface area contributed by atoms with Crippen LogP contribution in [0.15, 0.2) is 5.38 Å². The Morgan fingerprint density at radius 2 is 2.24 bits per heavy atom. The van der Waals surface area contributed by atoms with Crippen LogP contribution in [0.25, 0.3) is 0 Å². The average molecular weight is 329 g/mol. The quantitative estimate of drug-likeness (QED) is 0.793. The van der Waals surface area contributed by atoms with Gasteiger partial charge in [-0.25, -0.2) is 4.98 Å². The summed E-state index contributed by atoms with van der Waals surface area (Å²) in [5, 5.41) is 3.00. The molecule has 0 unspecified atom stereocenters. The summed E-state index contributed by atoms with van der Waals surface area (Å²) in [6.07, 6.45) is 0. The van der Waals surface area contributed by atoms with Crippen molar-refractivity contribution in [3.05, 3.63) is 11.1 Å². The summed E-state index contributed by atoms with van der Waals surface area (Å²) in [4.78, 5) is 19.1. The maximum atomic E-state index is 12.1. The molecular formula is C15H24N2O2S2. The summed E-state index contributed by atoms with van der Waals surface area (Å²) < 4.78 is 5.41. The summed E-state index contributed by atoms with van der Waals surface area (Å²) in [7, 11) is 0. The van der Waals surface area contributed by atoms with Crippen molar-refractivity contribution >= 4 is 34.2 Å². The van der Waals surface area contributed by atoms with Gasteiger partial charge in [0.1, 0.15) is 5.41 Å². The van der Waals surface area contributed by atoms with Gasteiger partial charge in [-0.15, -0.1) is 11.3 Å². The third-order valence-electron chi connectivity index (χ3n) is 3.61. The highest BCUT2D eigenvalue weighted by atomic mass is 32.2. The molecule has 0 spiro atoms. The lowest BCUT2D eigenvalue weighted by atomic mass is 9.90. The van der Waals surface area contributed by atoms with Gasteiger partial charge in [-0.1, -0.05) is 0 Å². The molecule has 0 aliphatic carbocycles. The topological polar surface area (TPSA) is 42.4 Å². The molecule has 0 atom stereocenters. The van der Waals surface area contributed by atoms with E-state index in [0.29, 0.717) is 6.61 Å². The number of nitrogens with zero attached hydrogens (tertiary/aromatic N) is 2. The second-order valence-corrected chi connectivity index (χ2v) is 9.03. The molecule has 0 N–H and O–H groups in total. The first-order chi connectivity index (χ1) is 9.76. The predicted molar refractivity (Wildman–Crippen MR) is 90.5 cm³/mol. The van der Waals surface area contributed by atoms with Crippen LogP contribution in [0.4, 0.5) is 5.13 Å². The van der Waals surface area contributed by atoms with Crippen LogP contribution < -0.4 is 4.90 Å². The van der Waals surface area contributed by atoms with Crippen molar-refractivity contribution in [3.63, 3.8) is 0 Å². The van der Waals surface area contributed by atoms with Crippen LogP contribution in [-0.4, -0.2) is 41.1 Å². The number of rotatable bonds is 4. The highest BCUT2D eigenvalue weighted by Gasteiger charge is 2.35. The Balaban J connectivity index is 2.16. The number of hydrogen-bond donors (Lipinski definition) is 0. The smallest absolute Gasteiger partial charge is 0.317 e. The number of aromatic nitrogens is 1. The number of anilines is 1. The van der Waals surface area contributed by atoms with Crippen LogP contribution in [0, 0.1) is 0 Å². The van der Waals surface area contributed by atoms with Gasteiger partial charge in [-0.3, -0.25) is 4.79 Å². The molecule has 1 aromatic rings. The zero-order chi connectivity index (χ0) is 15.7. The fourth-order valence-corrected chi connectivity index (χ4v) is 4.42. The fraction of sp³-hybridized carbons (Fsp3) is 0.733. The van der Waals surface area contributed by atoms with E-state index in [1.165, 1.54) is 0 Å². The lowest BCUT2D eigenvalue weighted by Gasteiger charge is -2.37. The third-order valence-corrected chi connectivity index (χ3v) is 5.81. The molecule has 0 saturated carbocycles. The second-order valence-electron chi connectivity index (χ2n) is 6.39. The van der Waals surface area contributed by atoms with Gasteiger partial charge in [-0.2, -0.15) is 11.8 Å². The fourth-order valence-electron chi connectivity index (χ4n) is 2.29. The normalized spacial score (nSPS) is 18.6. The molecule has 0 amide bonds. The molecule has 0 aromatic carbocycles. The highest BCUT2D eigenvalue weighted by molar-refractivity contribution is 8.00. The van der Waals surface area contributed by atoms with E-state index in [1.807, 2.05) is 37.9 Å². The van der Waals surface area contributed by atoms with E-state index in [4.69, 9.17) is 9.72 Å². The standard InChI is InChI=1S/C15H24N2O2S2/c1-6-19-12(18)15(4,5)11-9-20-13(16-11)17-7-8-21-14(2,3)10-17/h9H,6-8,10H2,1-5H3. The predicted octanol–water partition coefficient (Wildman–Crippen LogP) is 3.32. The summed E-state index contributed by atoms with van der Waals surface area (Å²) in [5.41, 5.74) is 0.113. The molecule has 0 radical (unpaired) electrons. The molecule has 1 aromatic heterocycles. The van der Waals surface area contributed by atoms with E-state index in [0.717, 1.165) is 29.7 Å². The van der Waals surface area contributed by atoms with E-state index in [1.54, 1.807) is 11.3 Å². The summed E-state index contributed by atoms with van der Waals surface area (Å²) in [5.74, 6) is 0.903. The van der Waals surface area contributed by atoms with Crippen molar-refractivity contribution in [1.29, 1.82) is 0 Å². The van der Waals surface area contributed by atoms with E-state index >= 15 is 0 Å². The van der Waals surface area contributed by atoms with Gasteiger partial charge in [0.2, 0.25) is 0 Å². The minimum absolute atomic E-state index is 0.212. The average Bonchev–Trinajstić information content (AvgIpc) is 2.88. The zero-order valence-electron chi connectivity index (χ0n) is 13.4. The highest BCUT2D eigenvalue weighted by Crippen LogP contribution is 2.35. The van der Waals surface area contributed by atoms with Gasteiger partial charge in [0.15, 0.2) is 5.13 Å². The van der Waals surface area contributed by atoms with E-state index in [-0.39, 0.29) is 10.7 Å². The number of carbonyl (C=O) groups is 1. The van der Waals surface area contributed by atoms with Gasteiger partial charge in [0.25, 0.3) is 0 Å². The second kappa shape index (κ2) is 6.16. The number of thiazole rings is 1. The van der Waals surface area contributed by atoms with Gasteiger partial charge in [0.05, 0.1) is 12.3 Å². The van der Waals surface area contributed by atoms with Crippen LogP contribution >= 0.6 is 23.1 Å². The molecule has 1 aliphatic rings. The molecule has 1 fully saturated rings. The molecule has 0 bridgehead atoms. The molecule has 2 rings (SSSR count). The van der Waals surface area contributed by atoms with E-state index in [2.05, 4.69) is 18.7 Å². The minimum Gasteiger partial charge on any atom is -0.465 e. The first-order valence-electron chi connectivity index (χ1n) is 7.28. The van der Waals surface area contributed by atoms with Gasteiger partial charge in [-0.05, 0) is 34.6 Å².